The number of hydrogen-bond donors (Lipinski definition) is 0. The summed E-state index contributed by atoms with van der Waals surface area (Å²) in [6.45, 7) is 1.81. The molecule has 42 valence electrons. The molecule has 0 amide bonds. The molecule has 0 aliphatic carbocycles. The van der Waals surface area contributed by atoms with E-state index in [-0.39, 0.29) is 0 Å². The molecule has 3 nitrogen and oxygen atoms in total. The third-order valence-corrected chi connectivity index (χ3v) is 1.02. The molecule has 0 saturated heterocycles. The predicted molar refractivity (Wildman–Crippen MR) is 39.2 cm³/mol. The van der Waals surface area contributed by atoms with Crippen molar-refractivity contribution in [2.45, 2.75) is 6.92 Å². The zero-order valence-corrected chi connectivity index (χ0v) is 6.34. The first-order valence-corrected chi connectivity index (χ1v) is 3.08. The van der Waals surface area contributed by atoms with E-state index in [4.69, 9.17) is 0 Å². The Labute approximate surface area is 60.3 Å². The first-order chi connectivity index (χ1) is 3.79. The van der Waals surface area contributed by atoms with Gasteiger partial charge in [-0.2, -0.15) is 0 Å². The van der Waals surface area contributed by atoms with Gasteiger partial charge in [-0.05, 0) is 12.1 Å². The highest BCUT2D eigenvalue weighted by atomic mass is 127. The molecule has 0 aromatic rings. The molecule has 0 aromatic carbocycles. The van der Waals surface area contributed by atoms with E-state index in [2.05, 4.69) is 20.9 Å². The van der Waals surface area contributed by atoms with Gasteiger partial charge in [0.2, 0.25) is 0 Å². The van der Waals surface area contributed by atoms with Crippen molar-refractivity contribution in [3.63, 3.8) is 0 Å². The summed E-state index contributed by atoms with van der Waals surface area (Å²) >= 11 is 1.95. The van der Waals surface area contributed by atoms with Gasteiger partial charge < -0.3 is 4.84 Å². The lowest BCUT2D eigenvalue weighted by Gasteiger charge is -1.95. The van der Waals surface area contributed by atoms with Crippen LogP contribution in [0.1, 0.15) is 6.92 Å². The fraction of sp³-hybridized carbons (Fsp3) is 0.250. The van der Waals surface area contributed by atoms with Gasteiger partial charge in [-0.3, -0.25) is 0 Å². The van der Waals surface area contributed by atoms with E-state index in [1.165, 1.54) is 0 Å². The lowest BCUT2D eigenvalue weighted by molar-refractivity contribution is 0.342. The van der Waals surface area contributed by atoms with E-state index in [9.17, 15) is 0 Å². The average molecular weight is 222 g/mol. The van der Waals surface area contributed by atoms with Crippen molar-refractivity contribution in [1.29, 1.82) is 0 Å². The van der Waals surface area contributed by atoms with Crippen LogP contribution < -0.4 is 0 Å². The molecule has 0 N–H and O–H groups in total. The maximum absolute atomic E-state index is 4.58. The number of hydrogen-bond acceptors (Lipinski definition) is 3. The minimum absolute atomic E-state index is 0.541. The van der Waals surface area contributed by atoms with E-state index >= 15 is 0 Å². The van der Waals surface area contributed by atoms with Crippen LogP contribution in [0.25, 0.3) is 0 Å². The van der Waals surface area contributed by atoms with Gasteiger partial charge in [0.15, 0.2) is 0 Å². The highest BCUT2D eigenvalue weighted by Gasteiger charge is 1.95. The second-order valence-corrected chi connectivity index (χ2v) is 2.17. The molecule has 1 heterocycles. The lowest BCUT2D eigenvalue weighted by Crippen LogP contribution is -1.92. The van der Waals surface area contributed by atoms with Gasteiger partial charge >= 0.3 is 0 Å². The summed E-state index contributed by atoms with van der Waals surface area (Å²) in [5.41, 5.74) is 0.751. The number of aliphatic imine (C=N–C) groups is 1. The maximum Gasteiger partial charge on any atom is 0.287 e. The van der Waals surface area contributed by atoms with Gasteiger partial charge in [0, 0.05) is 22.6 Å². The summed E-state index contributed by atoms with van der Waals surface area (Å²) < 4.78 is 0.541. The molecule has 4 heteroatoms. The smallest absolute Gasteiger partial charge is 0.287 e. The summed E-state index contributed by atoms with van der Waals surface area (Å²) in [6, 6.07) is 0. The Morgan fingerprint density at radius 3 is 2.88 bits per heavy atom. The molecule has 0 bridgehead atoms. The zero-order valence-electron chi connectivity index (χ0n) is 4.18. The Kier molecular flexibility index (Phi) is 1.65. The third kappa shape index (κ3) is 1.31. The molecule has 0 saturated carbocycles. The van der Waals surface area contributed by atoms with Crippen LogP contribution in [0.5, 0.6) is 0 Å². The molecule has 0 unspecified atom stereocenters. The van der Waals surface area contributed by atoms with Crippen LogP contribution in [0, 0.1) is 0 Å². The molecule has 0 fully saturated rings. The molecular weight excluding hydrogens is 219 g/mol. The van der Waals surface area contributed by atoms with E-state index in [0.29, 0.717) is 3.90 Å². The Hall–Kier alpha value is -0.350. The molecule has 1 aliphatic rings. The normalized spacial score (nSPS) is 16.8. The Morgan fingerprint density at radius 2 is 2.50 bits per heavy atom. The Morgan fingerprint density at radius 1 is 1.75 bits per heavy atom. The molecular formula is C4H3IN2O. The van der Waals surface area contributed by atoms with Crippen molar-refractivity contribution in [3.8, 4) is 0 Å². The van der Waals surface area contributed by atoms with Gasteiger partial charge in [-0.1, -0.05) is 0 Å². The highest BCUT2D eigenvalue weighted by Crippen LogP contribution is 2.02. The van der Waals surface area contributed by atoms with Gasteiger partial charge in [-0.15, -0.1) is 0 Å². The number of rotatable bonds is 0. The molecule has 0 atom stereocenters. The van der Waals surface area contributed by atoms with Crippen molar-refractivity contribution in [3.05, 3.63) is 5.70 Å². The summed E-state index contributed by atoms with van der Waals surface area (Å²) in [5, 5.41) is 3.41. The summed E-state index contributed by atoms with van der Waals surface area (Å²) in [7, 11) is 0. The van der Waals surface area contributed by atoms with E-state index in [0.717, 1.165) is 5.70 Å². The minimum atomic E-state index is 0.541. The number of halogens is 1. The SMILES string of the molecule is CC1=C=NOC(I)=N1. The van der Waals surface area contributed by atoms with Crippen molar-refractivity contribution in [1.82, 2.24) is 0 Å². The summed E-state index contributed by atoms with van der Waals surface area (Å²) in [4.78, 5) is 8.45. The van der Waals surface area contributed by atoms with E-state index < -0.39 is 0 Å². The molecule has 0 radical (unpaired) electrons. The third-order valence-electron chi connectivity index (χ3n) is 0.584. The van der Waals surface area contributed by atoms with Crippen molar-refractivity contribution >= 4 is 32.4 Å². The van der Waals surface area contributed by atoms with Gasteiger partial charge in [0.1, 0.15) is 5.70 Å². The van der Waals surface area contributed by atoms with Gasteiger partial charge in [-0.25, -0.2) is 4.99 Å². The maximum atomic E-state index is 4.58. The lowest BCUT2D eigenvalue weighted by atomic mass is 10.6. The van der Waals surface area contributed by atoms with Gasteiger partial charge in [0.05, 0.1) is 5.87 Å². The van der Waals surface area contributed by atoms with Crippen LogP contribution in [-0.4, -0.2) is 9.77 Å². The zero-order chi connectivity index (χ0) is 5.98. The molecule has 0 spiro atoms. The predicted octanol–water partition coefficient (Wildman–Crippen LogP) is 1.30. The topological polar surface area (TPSA) is 34.0 Å². The second-order valence-electron chi connectivity index (χ2n) is 1.24. The largest absolute Gasteiger partial charge is 0.321 e. The van der Waals surface area contributed by atoms with E-state index in [1.54, 1.807) is 0 Å². The van der Waals surface area contributed by atoms with Crippen LogP contribution in [0.15, 0.2) is 15.8 Å². The first-order valence-electron chi connectivity index (χ1n) is 2.00. The number of nitrogens with zero attached hydrogens (tertiary/aromatic N) is 2. The van der Waals surface area contributed by atoms with Gasteiger partial charge in [0.25, 0.3) is 3.90 Å². The second kappa shape index (κ2) is 2.28. The average Bonchev–Trinajstić information content (AvgIpc) is 1.64. The van der Waals surface area contributed by atoms with Crippen molar-refractivity contribution in [2.24, 2.45) is 10.1 Å². The Bertz CT molecular complexity index is 190. The van der Waals surface area contributed by atoms with Crippen molar-refractivity contribution in [2.75, 3.05) is 0 Å². The monoisotopic (exact) mass is 222 g/mol. The van der Waals surface area contributed by atoms with E-state index in [1.807, 2.05) is 29.5 Å². The fourth-order valence-electron chi connectivity index (χ4n) is 0.304. The summed E-state index contributed by atoms with van der Waals surface area (Å²) in [6.07, 6.45) is 0. The molecule has 0 aromatic heterocycles. The molecule has 1 rings (SSSR count). The highest BCUT2D eigenvalue weighted by molar-refractivity contribution is 14.1. The van der Waals surface area contributed by atoms with Crippen molar-refractivity contribution < 1.29 is 4.84 Å². The summed E-state index contributed by atoms with van der Waals surface area (Å²) in [5.74, 6) is 2.54. The number of allylic oxidation sites excluding steroid dienone is 1. The van der Waals surface area contributed by atoms with Crippen LogP contribution in [0.4, 0.5) is 0 Å². The standard InChI is InChI=1S/C4H3IN2O/c1-3-2-6-8-4(5)7-3/h1H3. The molecule has 8 heavy (non-hydrogen) atoms. The van der Waals surface area contributed by atoms with Crippen LogP contribution in [0.3, 0.4) is 0 Å². The fourth-order valence-corrected chi connectivity index (χ4v) is 0.764. The quantitative estimate of drug-likeness (QED) is 0.568. The Balaban J connectivity index is 2.90. The van der Waals surface area contributed by atoms with Crippen LogP contribution in [-0.2, 0) is 4.84 Å². The van der Waals surface area contributed by atoms with Crippen LogP contribution >= 0.6 is 22.6 Å². The first kappa shape index (κ1) is 5.78. The minimum Gasteiger partial charge on any atom is -0.321 e. The van der Waals surface area contributed by atoms with Crippen LogP contribution in [0.2, 0.25) is 0 Å². The molecule has 1 aliphatic heterocycles.